The van der Waals surface area contributed by atoms with Gasteiger partial charge in [-0.2, -0.15) is 4.98 Å². The Balaban J connectivity index is 2.28. The van der Waals surface area contributed by atoms with Crippen molar-refractivity contribution in [2.75, 3.05) is 11.5 Å². The maximum absolute atomic E-state index is 6.37. The van der Waals surface area contributed by atoms with Crippen molar-refractivity contribution in [3.63, 3.8) is 0 Å². The van der Waals surface area contributed by atoms with Crippen LogP contribution in [0.1, 0.15) is 0 Å². The normalized spacial score (nSPS) is 10.9. The fraction of sp³-hybridized carbons (Fsp3) is 0. The van der Waals surface area contributed by atoms with Gasteiger partial charge >= 0.3 is 0 Å². The molecule has 3 aromatic rings. The quantitative estimate of drug-likeness (QED) is 0.715. The number of nitrogens with two attached hydrogens (primary N) is 2. The lowest BCUT2D eigenvalue weighted by atomic mass is 10.2. The highest BCUT2D eigenvalue weighted by Crippen LogP contribution is 2.43. The second-order valence-electron chi connectivity index (χ2n) is 3.77. The van der Waals surface area contributed by atoms with Crippen molar-refractivity contribution < 1.29 is 0 Å². The third kappa shape index (κ3) is 1.68. The molecule has 0 spiro atoms. The zero-order valence-electron chi connectivity index (χ0n) is 9.22. The zero-order chi connectivity index (χ0) is 12.7. The Hall–Kier alpha value is -1.85. The van der Waals surface area contributed by atoms with E-state index in [-0.39, 0.29) is 5.95 Å². The number of fused-ring (bicyclic) bond motifs is 1. The molecule has 90 valence electrons. The lowest BCUT2D eigenvalue weighted by Crippen LogP contribution is -2.00. The van der Waals surface area contributed by atoms with Gasteiger partial charge in [-0.25, -0.2) is 4.98 Å². The summed E-state index contributed by atoms with van der Waals surface area (Å²) in [6, 6.07) is 7.92. The van der Waals surface area contributed by atoms with Gasteiger partial charge in [0.25, 0.3) is 0 Å². The number of halogens is 1. The van der Waals surface area contributed by atoms with Crippen LogP contribution in [0.3, 0.4) is 0 Å². The van der Waals surface area contributed by atoms with Crippen molar-refractivity contribution in [1.82, 2.24) is 9.97 Å². The van der Waals surface area contributed by atoms with E-state index < -0.39 is 0 Å². The largest absolute Gasteiger partial charge is 0.383 e. The van der Waals surface area contributed by atoms with Crippen molar-refractivity contribution in [3.8, 4) is 10.4 Å². The van der Waals surface area contributed by atoms with Crippen molar-refractivity contribution in [1.29, 1.82) is 0 Å². The maximum atomic E-state index is 6.37. The minimum absolute atomic E-state index is 0.161. The Bertz CT molecular complexity index is 738. The monoisotopic (exact) mass is 276 g/mol. The molecule has 2 aromatic heterocycles. The highest BCUT2D eigenvalue weighted by atomic mass is 35.5. The molecule has 0 saturated carbocycles. The van der Waals surface area contributed by atoms with Gasteiger partial charge in [-0.1, -0.05) is 29.8 Å². The van der Waals surface area contributed by atoms with E-state index in [4.69, 9.17) is 23.1 Å². The second kappa shape index (κ2) is 4.12. The Kier molecular flexibility index (Phi) is 2.57. The van der Waals surface area contributed by atoms with Crippen molar-refractivity contribution >= 4 is 44.8 Å². The smallest absolute Gasteiger partial charge is 0.221 e. The number of thiophene rings is 1. The highest BCUT2D eigenvalue weighted by Gasteiger charge is 2.15. The number of nitrogen functional groups attached to an aromatic ring is 2. The summed E-state index contributed by atoms with van der Waals surface area (Å²) >= 11 is 7.94. The van der Waals surface area contributed by atoms with Gasteiger partial charge in [-0.15, -0.1) is 11.3 Å². The summed E-state index contributed by atoms with van der Waals surface area (Å²) in [6.45, 7) is 0. The SMILES string of the molecule is Nc1ncc(-c2sc3ccccc3c2Cl)c(N)n1. The van der Waals surface area contributed by atoms with E-state index in [9.17, 15) is 0 Å². The first kappa shape index (κ1) is 11.3. The molecule has 0 aliphatic carbocycles. The average molecular weight is 277 g/mol. The molecule has 0 aliphatic heterocycles. The third-order valence-corrected chi connectivity index (χ3v) is 4.33. The average Bonchev–Trinajstić information content (AvgIpc) is 2.68. The molecule has 0 aliphatic rings. The lowest BCUT2D eigenvalue weighted by molar-refractivity contribution is 1.20. The van der Waals surface area contributed by atoms with Crippen LogP contribution in [0.25, 0.3) is 20.5 Å². The molecule has 18 heavy (non-hydrogen) atoms. The Morgan fingerprint density at radius 2 is 1.94 bits per heavy atom. The summed E-state index contributed by atoms with van der Waals surface area (Å²) in [6.07, 6.45) is 1.61. The first-order valence-electron chi connectivity index (χ1n) is 5.22. The van der Waals surface area contributed by atoms with Crippen molar-refractivity contribution in [2.24, 2.45) is 0 Å². The molecule has 0 saturated heterocycles. The Morgan fingerprint density at radius 1 is 1.17 bits per heavy atom. The number of anilines is 2. The predicted molar refractivity (Wildman–Crippen MR) is 76.7 cm³/mol. The summed E-state index contributed by atoms with van der Waals surface area (Å²) < 4.78 is 1.11. The topological polar surface area (TPSA) is 77.8 Å². The molecule has 0 unspecified atom stereocenters. The fourth-order valence-electron chi connectivity index (χ4n) is 1.77. The van der Waals surface area contributed by atoms with Crippen LogP contribution in [-0.4, -0.2) is 9.97 Å². The molecule has 0 radical (unpaired) electrons. The van der Waals surface area contributed by atoms with Crippen LogP contribution in [0.2, 0.25) is 5.02 Å². The van der Waals surface area contributed by atoms with Crippen LogP contribution >= 0.6 is 22.9 Å². The molecule has 0 fully saturated rings. The van der Waals surface area contributed by atoms with E-state index in [2.05, 4.69) is 9.97 Å². The maximum Gasteiger partial charge on any atom is 0.221 e. The van der Waals surface area contributed by atoms with Crippen molar-refractivity contribution in [2.45, 2.75) is 0 Å². The molecule has 6 heteroatoms. The molecule has 0 atom stereocenters. The summed E-state index contributed by atoms with van der Waals surface area (Å²) in [4.78, 5) is 8.79. The molecule has 0 amide bonds. The van der Waals surface area contributed by atoms with Gasteiger partial charge < -0.3 is 11.5 Å². The predicted octanol–water partition coefficient (Wildman–Crippen LogP) is 3.18. The number of aromatic nitrogens is 2. The molecular weight excluding hydrogens is 268 g/mol. The van der Waals surface area contributed by atoms with E-state index in [0.717, 1.165) is 20.5 Å². The first-order chi connectivity index (χ1) is 8.66. The zero-order valence-corrected chi connectivity index (χ0v) is 10.8. The van der Waals surface area contributed by atoms with Gasteiger partial charge in [0.05, 0.1) is 15.5 Å². The third-order valence-electron chi connectivity index (χ3n) is 2.62. The van der Waals surface area contributed by atoms with E-state index in [1.54, 1.807) is 17.5 Å². The number of benzene rings is 1. The van der Waals surface area contributed by atoms with E-state index in [1.165, 1.54) is 0 Å². The first-order valence-corrected chi connectivity index (χ1v) is 6.41. The van der Waals surface area contributed by atoms with Gasteiger partial charge in [0.15, 0.2) is 0 Å². The number of hydrogen-bond donors (Lipinski definition) is 2. The molecular formula is C12H9ClN4S. The van der Waals surface area contributed by atoms with Crippen LogP contribution < -0.4 is 11.5 Å². The standard InChI is InChI=1S/C12H9ClN4S/c13-9-6-3-1-2-4-8(6)18-10(9)7-5-16-12(15)17-11(7)14/h1-5H,(H4,14,15,16,17). The van der Waals surface area contributed by atoms with Crippen LogP contribution in [0.5, 0.6) is 0 Å². The van der Waals surface area contributed by atoms with Gasteiger partial charge in [-0.3, -0.25) is 0 Å². The van der Waals surface area contributed by atoms with Gasteiger partial charge in [0.2, 0.25) is 5.95 Å². The second-order valence-corrected chi connectivity index (χ2v) is 5.20. The Labute approximate surface area is 112 Å². The van der Waals surface area contributed by atoms with Crippen molar-refractivity contribution in [3.05, 3.63) is 35.5 Å². The summed E-state index contributed by atoms with van der Waals surface area (Å²) in [5.74, 6) is 0.504. The van der Waals surface area contributed by atoms with Crippen LogP contribution in [0, 0.1) is 0 Å². The molecule has 3 rings (SSSR count). The minimum Gasteiger partial charge on any atom is -0.383 e. The summed E-state index contributed by atoms with van der Waals surface area (Å²) in [7, 11) is 0. The molecule has 4 nitrogen and oxygen atoms in total. The molecule has 2 heterocycles. The molecule has 1 aromatic carbocycles. The van der Waals surface area contributed by atoms with Crippen LogP contribution in [0.15, 0.2) is 30.5 Å². The fourth-order valence-corrected chi connectivity index (χ4v) is 3.32. The summed E-state index contributed by atoms with van der Waals surface area (Å²) in [5.41, 5.74) is 12.1. The highest BCUT2D eigenvalue weighted by molar-refractivity contribution is 7.23. The van der Waals surface area contributed by atoms with Crippen LogP contribution in [-0.2, 0) is 0 Å². The molecule has 4 N–H and O–H groups in total. The number of nitrogens with zero attached hydrogens (tertiary/aromatic N) is 2. The Morgan fingerprint density at radius 3 is 2.67 bits per heavy atom. The van der Waals surface area contributed by atoms with Gasteiger partial charge in [0.1, 0.15) is 5.82 Å². The van der Waals surface area contributed by atoms with Crippen LogP contribution in [0.4, 0.5) is 11.8 Å². The minimum atomic E-state index is 0.161. The lowest BCUT2D eigenvalue weighted by Gasteiger charge is -2.02. The molecule has 0 bridgehead atoms. The van der Waals surface area contributed by atoms with E-state index in [1.807, 2.05) is 24.3 Å². The summed E-state index contributed by atoms with van der Waals surface area (Å²) in [5, 5.41) is 1.69. The number of hydrogen-bond acceptors (Lipinski definition) is 5. The van der Waals surface area contributed by atoms with E-state index >= 15 is 0 Å². The van der Waals surface area contributed by atoms with E-state index in [0.29, 0.717) is 10.8 Å². The van der Waals surface area contributed by atoms with Gasteiger partial charge in [0, 0.05) is 16.3 Å². The van der Waals surface area contributed by atoms with Gasteiger partial charge in [-0.05, 0) is 6.07 Å². The number of rotatable bonds is 1.